The summed E-state index contributed by atoms with van der Waals surface area (Å²) in [5.41, 5.74) is 7.34. The number of pyridine rings is 2. The molecule has 0 amide bonds. The van der Waals surface area contributed by atoms with E-state index in [0.717, 1.165) is 43.9 Å². The molecule has 71 heavy (non-hydrogen) atoms. The van der Waals surface area contributed by atoms with E-state index in [0.29, 0.717) is 59.8 Å². The third-order valence-corrected chi connectivity index (χ3v) is 12.8. The monoisotopic (exact) mass is 954 g/mol. The van der Waals surface area contributed by atoms with Gasteiger partial charge < -0.3 is 10.6 Å². The predicted molar refractivity (Wildman–Crippen MR) is 285 cm³/mol. The molecule has 0 aliphatic carbocycles. The highest BCUT2D eigenvalue weighted by Crippen LogP contribution is 2.33. The van der Waals surface area contributed by atoms with Crippen LogP contribution < -0.4 is 21.8 Å². The van der Waals surface area contributed by atoms with Crippen molar-refractivity contribution >= 4 is 67.3 Å². The fraction of sp³-hybridized carbons (Fsp3) is 0.138. The smallest absolute Gasteiger partial charge is 0.291 e. The minimum Gasteiger partial charge on any atom is -0.350 e. The summed E-state index contributed by atoms with van der Waals surface area (Å²) in [4.78, 5) is 63.4. The van der Waals surface area contributed by atoms with Crippen LogP contribution >= 0.6 is 11.3 Å². The molecule has 5 heterocycles. The SMILES string of the molecule is CCn1nc(-c2ccccc2)c(C(=O)CCc2ccccc2)c(Nc2cncc3ccccc23)c1=O.CCn1nc(-c2ccccc2)c(C(=O)CCc2ccsc2)c(Nc2cccc3ncccc23)c1=O. The van der Waals surface area contributed by atoms with E-state index in [1.807, 2.05) is 176 Å². The number of aromatic nitrogens is 6. The fourth-order valence-corrected chi connectivity index (χ4v) is 9.19. The second kappa shape index (κ2) is 22.2. The van der Waals surface area contributed by atoms with E-state index in [9.17, 15) is 19.2 Å². The number of carbonyl (C=O) groups is 2. The number of fused-ring (bicyclic) bond motifs is 2. The maximum atomic E-state index is 13.8. The van der Waals surface area contributed by atoms with Crippen LogP contribution in [0.15, 0.2) is 191 Å². The zero-order chi connectivity index (χ0) is 49.1. The first kappa shape index (κ1) is 47.4. The number of Topliss-reactive ketones (excluding diaryl/α,β-unsaturated/α-hetero) is 2. The lowest BCUT2D eigenvalue weighted by molar-refractivity contribution is 0.0975. The maximum Gasteiger partial charge on any atom is 0.291 e. The number of anilines is 4. The average Bonchev–Trinajstić information content (AvgIpc) is 3.95. The van der Waals surface area contributed by atoms with E-state index < -0.39 is 0 Å². The molecule has 0 spiro atoms. The van der Waals surface area contributed by atoms with Gasteiger partial charge in [-0.15, -0.1) is 0 Å². The largest absolute Gasteiger partial charge is 0.350 e. The summed E-state index contributed by atoms with van der Waals surface area (Å²) in [6, 6.07) is 48.3. The Bertz CT molecular complexity index is 3590. The number of hydrogen-bond donors (Lipinski definition) is 2. The van der Waals surface area contributed by atoms with Crippen LogP contribution in [0.3, 0.4) is 0 Å². The van der Waals surface area contributed by atoms with E-state index in [1.54, 1.807) is 29.9 Å². The van der Waals surface area contributed by atoms with Gasteiger partial charge in [-0.1, -0.05) is 121 Å². The molecule has 10 aromatic rings. The number of nitrogens with one attached hydrogen (secondary N) is 2. The van der Waals surface area contributed by atoms with Gasteiger partial charge in [0.25, 0.3) is 11.1 Å². The van der Waals surface area contributed by atoms with Crippen molar-refractivity contribution in [3.05, 3.63) is 224 Å². The minimum atomic E-state index is -0.340. The summed E-state index contributed by atoms with van der Waals surface area (Å²) in [6.45, 7) is 4.49. The Morgan fingerprint density at radius 3 is 1.69 bits per heavy atom. The number of ketones is 2. The molecule has 5 aromatic carbocycles. The summed E-state index contributed by atoms with van der Waals surface area (Å²) in [6.07, 6.45) is 6.89. The number of carbonyl (C=O) groups excluding carboxylic acids is 2. The molecule has 5 aromatic heterocycles. The highest BCUT2D eigenvalue weighted by molar-refractivity contribution is 7.07. The molecule has 0 fully saturated rings. The van der Waals surface area contributed by atoms with Gasteiger partial charge in [-0.05, 0) is 78.9 Å². The van der Waals surface area contributed by atoms with Crippen molar-refractivity contribution in [2.75, 3.05) is 10.6 Å². The molecule has 0 radical (unpaired) electrons. The average molecular weight is 955 g/mol. The van der Waals surface area contributed by atoms with Gasteiger partial charge in [0, 0.05) is 71.3 Å². The quantitative estimate of drug-likeness (QED) is 0.0895. The Morgan fingerprint density at radius 2 is 1.10 bits per heavy atom. The summed E-state index contributed by atoms with van der Waals surface area (Å²) >= 11 is 1.61. The lowest BCUT2D eigenvalue weighted by Crippen LogP contribution is -2.28. The van der Waals surface area contributed by atoms with Crippen LogP contribution in [-0.2, 0) is 25.9 Å². The van der Waals surface area contributed by atoms with Gasteiger partial charge >= 0.3 is 0 Å². The predicted octanol–water partition coefficient (Wildman–Crippen LogP) is 12.1. The van der Waals surface area contributed by atoms with Crippen LogP contribution in [0.5, 0.6) is 0 Å². The highest BCUT2D eigenvalue weighted by Gasteiger charge is 2.26. The molecule has 0 aliphatic heterocycles. The summed E-state index contributed by atoms with van der Waals surface area (Å²) < 4.78 is 2.81. The van der Waals surface area contributed by atoms with Crippen molar-refractivity contribution in [2.24, 2.45) is 0 Å². The number of aryl methyl sites for hydroxylation is 4. The molecule has 10 rings (SSSR count). The third kappa shape index (κ3) is 10.7. The van der Waals surface area contributed by atoms with Gasteiger partial charge in [0.05, 0.1) is 28.5 Å². The molecule has 0 saturated heterocycles. The second-order valence-electron chi connectivity index (χ2n) is 16.7. The molecule has 12 nitrogen and oxygen atoms in total. The van der Waals surface area contributed by atoms with Gasteiger partial charge in [-0.2, -0.15) is 21.5 Å². The fourth-order valence-electron chi connectivity index (χ4n) is 8.48. The van der Waals surface area contributed by atoms with Crippen LogP contribution in [0.2, 0.25) is 0 Å². The van der Waals surface area contributed by atoms with Gasteiger partial charge in [-0.3, -0.25) is 29.1 Å². The van der Waals surface area contributed by atoms with Crippen LogP contribution in [0, 0.1) is 0 Å². The van der Waals surface area contributed by atoms with Crippen molar-refractivity contribution in [1.82, 2.24) is 29.5 Å². The standard InChI is InChI=1S/C30H26N4O2.C28H24N4O2S/c1-2-34-30(36)29(32-25-20-31-19-23-15-9-10-16-24(23)25)27(28(33-34)22-13-7-4-8-14-22)26(35)18-17-21-11-5-3-6-12-21;1-2-32-28(34)27(30-23-12-6-11-22-21(23)10-7-16-29-22)25(24(33)14-13-19-15-17-35-18-19)26(31-32)20-8-4-3-5-9-20/h3-16,19-20,32H,2,17-18H2,1H3;3-12,15-18,30H,2,13-14H2,1H3. The molecule has 2 N–H and O–H groups in total. The Labute approximate surface area is 414 Å². The van der Waals surface area contributed by atoms with Crippen molar-refractivity contribution in [2.45, 2.75) is 52.6 Å². The minimum absolute atomic E-state index is 0.122. The number of hydrogen-bond acceptors (Lipinski definition) is 11. The van der Waals surface area contributed by atoms with E-state index in [-0.39, 0.29) is 46.9 Å². The Balaban J connectivity index is 0.000000176. The lowest BCUT2D eigenvalue weighted by Gasteiger charge is -2.18. The molecule has 0 atom stereocenters. The molecule has 0 bridgehead atoms. The number of benzene rings is 5. The number of nitrogens with zero attached hydrogens (tertiary/aromatic N) is 6. The molecule has 13 heteroatoms. The third-order valence-electron chi connectivity index (χ3n) is 12.1. The van der Waals surface area contributed by atoms with Gasteiger partial charge in [0.15, 0.2) is 11.6 Å². The van der Waals surface area contributed by atoms with Crippen molar-refractivity contribution < 1.29 is 9.59 Å². The number of thiophene rings is 1. The van der Waals surface area contributed by atoms with E-state index >= 15 is 0 Å². The van der Waals surface area contributed by atoms with Crippen molar-refractivity contribution in [1.29, 1.82) is 0 Å². The normalized spacial score (nSPS) is 11.0. The van der Waals surface area contributed by atoms with Crippen LogP contribution in [-0.4, -0.2) is 41.1 Å². The van der Waals surface area contributed by atoms with E-state index in [2.05, 4.69) is 30.8 Å². The van der Waals surface area contributed by atoms with E-state index in [1.165, 1.54) is 9.36 Å². The van der Waals surface area contributed by atoms with Crippen LogP contribution in [0.4, 0.5) is 22.7 Å². The van der Waals surface area contributed by atoms with Gasteiger partial charge in [0.1, 0.15) is 22.8 Å². The topological polar surface area (TPSA) is 154 Å². The summed E-state index contributed by atoms with van der Waals surface area (Å²) in [5.74, 6) is -0.259. The first-order chi connectivity index (χ1) is 34.8. The Morgan fingerprint density at radius 1 is 0.549 bits per heavy atom. The molecule has 0 aliphatic rings. The molecular formula is C58H50N8O4S. The van der Waals surface area contributed by atoms with Gasteiger partial charge in [0.2, 0.25) is 0 Å². The Hall–Kier alpha value is -8.68. The first-order valence-electron chi connectivity index (χ1n) is 23.5. The molecular weight excluding hydrogens is 905 g/mol. The highest BCUT2D eigenvalue weighted by atomic mass is 32.1. The first-order valence-corrected chi connectivity index (χ1v) is 24.5. The molecule has 0 unspecified atom stereocenters. The van der Waals surface area contributed by atoms with E-state index in [4.69, 9.17) is 0 Å². The number of rotatable bonds is 16. The van der Waals surface area contributed by atoms with Crippen LogP contribution in [0.25, 0.3) is 44.2 Å². The zero-order valence-electron chi connectivity index (χ0n) is 39.3. The van der Waals surface area contributed by atoms with Crippen LogP contribution in [0.1, 0.15) is 58.5 Å². The second-order valence-corrected chi connectivity index (χ2v) is 17.4. The lowest BCUT2D eigenvalue weighted by atomic mass is 9.97. The van der Waals surface area contributed by atoms with Gasteiger partial charge in [-0.25, -0.2) is 9.36 Å². The Kier molecular flexibility index (Phi) is 14.8. The summed E-state index contributed by atoms with van der Waals surface area (Å²) in [5, 5.41) is 22.6. The molecule has 0 saturated carbocycles. The van der Waals surface area contributed by atoms with Crippen molar-refractivity contribution in [3.63, 3.8) is 0 Å². The molecule has 352 valence electrons. The van der Waals surface area contributed by atoms with Crippen molar-refractivity contribution in [3.8, 4) is 22.5 Å². The summed E-state index contributed by atoms with van der Waals surface area (Å²) in [7, 11) is 0. The zero-order valence-corrected chi connectivity index (χ0v) is 40.1. The maximum absolute atomic E-state index is 13.8.